The van der Waals surface area contributed by atoms with Crippen LogP contribution in [0, 0.1) is 0 Å². The molecule has 0 N–H and O–H groups in total. The Bertz CT molecular complexity index is 737. The van der Waals surface area contributed by atoms with Crippen LogP contribution in [0.4, 0.5) is 0 Å². The summed E-state index contributed by atoms with van der Waals surface area (Å²) in [6, 6.07) is 17.4. The molecule has 0 aromatic heterocycles. The molecule has 0 saturated carbocycles. The molecule has 0 unspecified atom stereocenters. The summed E-state index contributed by atoms with van der Waals surface area (Å²) < 4.78 is 5.77. The highest BCUT2D eigenvalue weighted by molar-refractivity contribution is 9.10. The fourth-order valence-electron chi connectivity index (χ4n) is 1.89. The Morgan fingerprint density at radius 2 is 1.77 bits per heavy atom. The van der Waals surface area contributed by atoms with E-state index in [9.17, 15) is 4.79 Å². The second-order valence-electron chi connectivity index (χ2n) is 4.55. The van der Waals surface area contributed by atoms with Gasteiger partial charge in [-0.05, 0) is 29.3 Å². The highest BCUT2D eigenvalue weighted by Gasteiger charge is 2.13. The van der Waals surface area contributed by atoms with Crippen molar-refractivity contribution in [3.05, 3.63) is 88.1 Å². The van der Waals surface area contributed by atoms with Crippen molar-refractivity contribution in [1.29, 1.82) is 0 Å². The molecule has 0 aliphatic carbocycles. The van der Waals surface area contributed by atoms with Gasteiger partial charge in [0.1, 0.15) is 0 Å². The number of carbonyl (C=O) groups excluding carboxylic acids is 1. The van der Waals surface area contributed by atoms with Crippen LogP contribution < -0.4 is 0 Å². The summed E-state index contributed by atoms with van der Waals surface area (Å²) in [7, 11) is 1.34. The summed E-state index contributed by atoms with van der Waals surface area (Å²) in [5.74, 6) is -0.462. The molecule has 2 nitrogen and oxygen atoms in total. The van der Waals surface area contributed by atoms with E-state index >= 15 is 0 Å². The van der Waals surface area contributed by atoms with E-state index in [-0.39, 0.29) is 5.57 Å². The molecule has 0 aliphatic rings. The van der Waals surface area contributed by atoms with Crippen LogP contribution in [0.3, 0.4) is 0 Å². The molecule has 0 heterocycles. The number of carbonyl (C=O) groups is 1. The van der Waals surface area contributed by atoms with Crippen LogP contribution in [0.5, 0.6) is 0 Å². The minimum atomic E-state index is -0.462. The third kappa shape index (κ3) is 4.08. The molecule has 3 heteroatoms. The number of benzene rings is 2. The number of ether oxygens (including phenoxy) is 1. The van der Waals surface area contributed by atoms with E-state index in [1.54, 1.807) is 0 Å². The maximum absolute atomic E-state index is 11.8. The standard InChI is InChI=1S/C19H15BrO2/c1-14(19(21)22-2)18(16-6-4-3-5-7-16)13-10-15-8-11-17(20)12-9-15/h3-12H,1H2,2H3. The predicted molar refractivity (Wildman–Crippen MR) is 93.1 cm³/mol. The van der Waals surface area contributed by atoms with Gasteiger partial charge in [0, 0.05) is 10.0 Å². The molecule has 110 valence electrons. The van der Waals surface area contributed by atoms with Crippen LogP contribution in [0.2, 0.25) is 0 Å². The number of methoxy groups -OCH3 is 1. The van der Waals surface area contributed by atoms with Crippen molar-refractivity contribution in [1.82, 2.24) is 0 Å². The third-order valence-electron chi connectivity index (χ3n) is 3.05. The van der Waals surface area contributed by atoms with E-state index in [0.29, 0.717) is 5.57 Å². The van der Waals surface area contributed by atoms with E-state index in [1.165, 1.54) is 7.11 Å². The predicted octanol–water partition coefficient (Wildman–Crippen LogP) is 4.87. The Balaban J connectivity index is 2.48. The monoisotopic (exact) mass is 354 g/mol. The lowest BCUT2D eigenvalue weighted by Crippen LogP contribution is -2.05. The fourth-order valence-corrected chi connectivity index (χ4v) is 2.15. The van der Waals surface area contributed by atoms with Gasteiger partial charge in [-0.2, -0.15) is 0 Å². The quantitative estimate of drug-likeness (QED) is 0.338. The largest absolute Gasteiger partial charge is 0.465 e. The SMILES string of the molecule is C=C(C(=O)OC)C(=C=Cc1ccc(Br)cc1)c1ccccc1. The topological polar surface area (TPSA) is 26.3 Å². The zero-order valence-corrected chi connectivity index (χ0v) is 13.8. The first-order valence-corrected chi connectivity index (χ1v) is 7.46. The summed E-state index contributed by atoms with van der Waals surface area (Å²) in [4.78, 5) is 11.8. The van der Waals surface area contributed by atoms with Crippen LogP contribution in [-0.4, -0.2) is 13.1 Å². The Kier molecular flexibility index (Phi) is 5.54. The lowest BCUT2D eigenvalue weighted by atomic mass is 9.99. The van der Waals surface area contributed by atoms with Gasteiger partial charge in [-0.15, -0.1) is 5.73 Å². The van der Waals surface area contributed by atoms with Gasteiger partial charge in [0.25, 0.3) is 0 Å². The molecule has 2 aromatic carbocycles. The highest BCUT2D eigenvalue weighted by Crippen LogP contribution is 2.22. The smallest absolute Gasteiger partial charge is 0.338 e. The number of hydrogen-bond donors (Lipinski definition) is 0. The Morgan fingerprint density at radius 1 is 1.14 bits per heavy atom. The number of esters is 1. The van der Waals surface area contributed by atoms with Crippen molar-refractivity contribution in [2.24, 2.45) is 0 Å². The normalized spacial score (nSPS) is 9.55. The first kappa shape index (κ1) is 16.0. The van der Waals surface area contributed by atoms with Crippen molar-refractivity contribution in [3.63, 3.8) is 0 Å². The van der Waals surface area contributed by atoms with Gasteiger partial charge in [0.2, 0.25) is 0 Å². The summed E-state index contributed by atoms with van der Waals surface area (Å²) in [5.41, 5.74) is 5.91. The van der Waals surface area contributed by atoms with Gasteiger partial charge in [-0.1, -0.05) is 65.0 Å². The van der Waals surface area contributed by atoms with Gasteiger partial charge in [-0.3, -0.25) is 0 Å². The molecule has 0 fully saturated rings. The molecule has 0 bridgehead atoms. The van der Waals surface area contributed by atoms with Crippen LogP contribution in [0.25, 0.3) is 11.6 Å². The second kappa shape index (κ2) is 7.60. The zero-order chi connectivity index (χ0) is 15.9. The van der Waals surface area contributed by atoms with Crippen molar-refractivity contribution >= 4 is 33.5 Å². The van der Waals surface area contributed by atoms with Gasteiger partial charge in [0.05, 0.1) is 12.7 Å². The van der Waals surface area contributed by atoms with E-state index in [2.05, 4.69) is 28.2 Å². The van der Waals surface area contributed by atoms with E-state index < -0.39 is 5.97 Å². The summed E-state index contributed by atoms with van der Waals surface area (Å²) in [5, 5.41) is 0. The fraction of sp³-hybridized carbons (Fsp3) is 0.0526. The van der Waals surface area contributed by atoms with E-state index in [0.717, 1.165) is 15.6 Å². The van der Waals surface area contributed by atoms with Crippen LogP contribution in [0.15, 0.2) is 77.0 Å². The molecular weight excluding hydrogens is 340 g/mol. The van der Waals surface area contributed by atoms with Gasteiger partial charge >= 0.3 is 5.97 Å². The zero-order valence-electron chi connectivity index (χ0n) is 12.2. The summed E-state index contributed by atoms with van der Waals surface area (Å²) >= 11 is 3.40. The molecule has 2 aromatic rings. The van der Waals surface area contributed by atoms with E-state index in [1.807, 2.05) is 60.7 Å². The first-order valence-electron chi connectivity index (χ1n) is 6.67. The molecule has 2 rings (SSSR count). The molecule has 0 atom stereocenters. The van der Waals surface area contributed by atoms with Crippen molar-refractivity contribution in [2.75, 3.05) is 7.11 Å². The molecule has 0 amide bonds. The maximum Gasteiger partial charge on any atom is 0.338 e. The first-order chi connectivity index (χ1) is 10.6. The molecule has 0 aliphatic heterocycles. The van der Waals surface area contributed by atoms with Crippen LogP contribution in [-0.2, 0) is 9.53 Å². The van der Waals surface area contributed by atoms with Crippen molar-refractivity contribution in [3.8, 4) is 0 Å². The lowest BCUT2D eigenvalue weighted by molar-refractivity contribution is -0.135. The van der Waals surface area contributed by atoms with Gasteiger partial charge in [0.15, 0.2) is 0 Å². The average Bonchev–Trinajstić information content (AvgIpc) is 2.56. The minimum Gasteiger partial charge on any atom is -0.465 e. The maximum atomic E-state index is 11.8. The Hall–Kier alpha value is -2.35. The minimum absolute atomic E-state index is 0.280. The highest BCUT2D eigenvalue weighted by atomic mass is 79.9. The van der Waals surface area contributed by atoms with Crippen molar-refractivity contribution in [2.45, 2.75) is 0 Å². The summed E-state index contributed by atoms with van der Waals surface area (Å²) in [6.07, 6.45) is 1.82. The molecule has 0 spiro atoms. The second-order valence-corrected chi connectivity index (χ2v) is 5.47. The molecule has 22 heavy (non-hydrogen) atoms. The van der Waals surface area contributed by atoms with Crippen LogP contribution >= 0.6 is 15.9 Å². The number of rotatable bonds is 4. The van der Waals surface area contributed by atoms with Gasteiger partial charge < -0.3 is 4.74 Å². The average molecular weight is 355 g/mol. The van der Waals surface area contributed by atoms with E-state index in [4.69, 9.17) is 4.74 Å². The Labute approximate surface area is 138 Å². The summed E-state index contributed by atoms with van der Waals surface area (Å²) in [6.45, 7) is 3.83. The molecular formula is C19H15BrO2. The van der Waals surface area contributed by atoms with Gasteiger partial charge in [-0.25, -0.2) is 4.79 Å². The molecule has 0 radical (unpaired) electrons. The lowest BCUT2D eigenvalue weighted by Gasteiger charge is -2.06. The van der Waals surface area contributed by atoms with Crippen LogP contribution in [0.1, 0.15) is 11.1 Å². The number of halogens is 1. The molecule has 0 saturated heterocycles. The third-order valence-corrected chi connectivity index (χ3v) is 3.58. The van der Waals surface area contributed by atoms with Crippen molar-refractivity contribution < 1.29 is 9.53 Å². The Morgan fingerprint density at radius 3 is 2.36 bits per heavy atom. The number of hydrogen-bond acceptors (Lipinski definition) is 2.